The van der Waals surface area contributed by atoms with Gasteiger partial charge in [-0.1, -0.05) is 11.6 Å². The predicted octanol–water partition coefficient (Wildman–Crippen LogP) is 3.70. The number of alkyl halides is 1. The molecule has 0 saturated heterocycles. The van der Waals surface area contributed by atoms with Crippen LogP contribution in [0.2, 0.25) is 5.02 Å². The Morgan fingerprint density at radius 2 is 2.23 bits per heavy atom. The van der Waals surface area contributed by atoms with Crippen molar-refractivity contribution in [2.45, 2.75) is 25.1 Å². The summed E-state index contributed by atoms with van der Waals surface area (Å²) >= 11 is 14.1. The fraction of sp³-hybridized carbons (Fsp3) is 0.444. The second kappa shape index (κ2) is 4.32. The molecule has 0 unspecified atom stereocenters. The van der Waals surface area contributed by atoms with E-state index in [1.54, 1.807) is 6.20 Å². The minimum Gasteiger partial charge on any atom is -0.259 e. The molecular formula is C9H9Cl2IN. The molecule has 1 rings (SSSR count). The van der Waals surface area contributed by atoms with E-state index in [-0.39, 0.29) is 4.87 Å². The maximum atomic E-state index is 6.05. The molecule has 0 spiro atoms. The second-order valence-electron chi connectivity index (χ2n) is 3.39. The van der Waals surface area contributed by atoms with Crippen LogP contribution in [0.25, 0.3) is 0 Å². The van der Waals surface area contributed by atoms with Crippen LogP contribution in [-0.2, 0) is 6.42 Å². The summed E-state index contributed by atoms with van der Waals surface area (Å²) in [5, 5.41) is 0.617. The fourth-order valence-corrected chi connectivity index (χ4v) is 1.46. The first kappa shape index (κ1) is 11.5. The van der Waals surface area contributed by atoms with E-state index in [0.717, 1.165) is 9.26 Å². The predicted molar refractivity (Wildman–Crippen MR) is 64.4 cm³/mol. The van der Waals surface area contributed by atoms with Crippen LogP contribution in [-0.4, -0.2) is 9.86 Å². The average Bonchev–Trinajstić information content (AvgIpc) is 1.94. The molecule has 0 aliphatic heterocycles. The molecule has 0 aliphatic carbocycles. The van der Waals surface area contributed by atoms with E-state index in [1.165, 1.54) is 0 Å². The molecule has 0 fully saturated rings. The molecular weight excluding hydrogens is 320 g/mol. The van der Waals surface area contributed by atoms with Gasteiger partial charge >= 0.3 is 0 Å². The first-order valence-electron chi connectivity index (χ1n) is 3.79. The van der Waals surface area contributed by atoms with Crippen LogP contribution in [0.15, 0.2) is 6.20 Å². The minimum atomic E-state index is -0.292. The van der Waals surface area contributed by atoms with Crippen molar-refractivity contribution < 1.29 is 0 Å². The van der Waals surface area contributed by atoms with Crippen molar-refractivity contribution in [2.75, 3.05) is 0 Å². The van der Waals surface area contributed by atoms with Gasteiger partial charge < -0.3 is 0 Å². The zero-order valence-electron chi connectivity index (χ0n) is 7.37. The van der Waals surface area contributed by atoms with Crippen LogP contribution >= 0.6 is 45.8 Å². The Hall–Kier alpha value is 0.460. The first-order valence-corrected chi connectivity index (χ1v) is 5.63. The first-order chi connectivity index (χ1) is 5.88. The Morgan fingerprint density at radius 3 is 2.69 bits per heavy atom. The molecule has 1 aromatic heterocycles. The van der Waals surface area contributed by atoms with Crippen molar-refractivity contribution in [1.29, 1.82) is 0 Å². The number of halogens is 3. The van der Waals surface area contributed by atoms with E-state index in [9.17, 15) is 0 Å². The zero-order chi connectivity index (χ0) is 10.1. The average molecular weight is 329 g/mol. The lowest BCUT2D eigenvalue weighted by Gasteiger charge is -2.14. The van der Waals surface area contributed by atoms with E-state index in [4.69, 9.17) is 23.2 Å². The lowest BCUT2D eigenvalue weighted by molar-refractivity contribution is 0.679. The highest BCUT2D eigenvalue weighted by atomic mass is 127. The summed E-state index contributed by atoms with van der Waals surface area (Å²) in [4.78, 5) is 3.90. The maximum absolute atomic E-state index is 6.05. The van der Waals surface area contributed by atoms with Gasteiger partial charge in [0, 0.05) is 23.6 Å². The molecule has 0 aliphatic rings. The van der Waals surface area contributed by atoms with E-state index < -0.39 is 0 Å². The number of hydrogen-bond donors (Lipinski definition) is 0. The molecule has 0 N–H and O–H groups in total. The number of pyridine rings is 1. The van der Waals surface area contributed by atoms with Gasteiger partial charge in [-0.2, -0.15) is 0 Å². The van der Waals surface area contributed by atoms with E-state index >= 15 is 0 Å². The normalized spacial score (nSPS) is 11.8. The smallest absolute Gasteiger partial charge is 0.0652 e. The molecule has 0 amide bonds. The van der Waals surface area contributed by atoms with Gasteiger partial charge in [0.1, 0.15) is 0 Å². The number of nitrogens with zero attached hydrogens (tertiary/aromatic N) is 1. The summed E-state index contributed by atoms with van der Waals surface area (Å²) in [5.74, 6) is 0. The van der Waals surface area contributed by atoms with Crippen LogP contribution in [0, 0.1) is 9.64 Å². The van der Waals surface area contributed by atoms with Crippen LogP contribution in [0.1, 0.15) is 19.5 Å². The molecule has 1 aromatic rings. The van der Waals surface area contributed by atoms with Gasteiger partial charge in [-0.05, 0) is 36.4 Å². The van der Waals surface area contributed by atoms with Gasteiger partial charge in [-0.15, -0.1) is 11.6 Å². The van der Waals surface area contributed by atoms with E-state index in [0.29, 0.717) is 11.4 Å². The highest BCUT2D eigenvalue weighted by Crippen LogP contribution is 2.22. The van der Waals surface area contributed by atoms with Gasteiger partial charge in [0.25, 0.3) is 0 Å². The summed E-state index contributed by atoms with van der Waals surface area (Å²) in [7, 11) is 0. The molecule has 4 heteroatoms. The third kappa shape index (κ3) is 4.00. The van der Waals surface area contributed by atoms with E-state index in [2.05, 4.69) is 33.6 Å². The molecule has 1 radical (unpaired) electrons. The molecule has 1 heterocycles. The SMILES string of the molecule is CC(C)(Cl)Cc1[c]c(Cl)c(I)cn1. The van der Waals surface area contributed by atoms with Crippen molar-refractivity contribution in [1.82, 2.24) is 4.98 Å². The van der Waals surface area contributed by atoms with E-state index in [1.807, 2.05) is 13.8 Å². The molecule has 1 nitrogen and oxygen atoms in total. The Bertz CT molecular complexity index is 307. The highest BCUT2D eigenvalue weighted by Gasteiger charge is 2.15. The lowest BCUT2D eigenvalue weighted by Crippen LogP contribution is -2.15. The van der Waals surface area contributed by atoms with Gasteiger partial charge in [-0.25, -0.2) is 0 Å². The Kier molecular flexibility index (Phi) is 3.83. The summed E-state index contributed by atoms with van der Waals surface area (Å²) in [6, 6.07) is 2.99. The topological polar surface area (TPSA) is 12.9 Å². The summed E-state index contributed by atoms with van der Waals surface area (Å²) in [6.07, 6.45) is 2.41. The van der Waals surface area contributed by atoms with Gasteiger partial charge in [0.2, 0.25) is 0 Å². The van der Waals surface area contributed by atoms with Crippen molar-refractivity contribution in [3.8, 4) is 0 Å². The highest BCUT2D eigenvalue weighted by molar-refractivity contribution is 14.1. The quantitative estimate of drug-likeness (QED) is 0.596. The summed E-state index contributed by atoms with van der Waals surface area (Å²) in [5.41, 5.74) is 0.811. The van der Waals surface area contributed by atoms with Gasteiger partial charge in [-0.3, -0.25) is 4.98 Å². The number of hydrogen-bond acceptors (Lipinski definition) is 1. The minimum absolute atomic E-state index is 0.292. The molecule has 71 valence electrons. The van der Waals surface area contributed by atoms with Crippen LogP contribution in [0.5, 0.6) is 0 Å². The third-order valence-corrected chi connectivity index (χ3v) is 2.95. The lowest BCUT2D eigenvalue weighted by atomic mass is 10.1. The van der Waals surface area contributed by atoms with Crippen molar-refractivity contribution in [3.63, 3.8) is 0 Å². The summed E-state index contributed by atoms with van der Waals surface area (Å²) in [6.45, 7) is 3.88. The molecule has 0 atom stereocenters. The molecule has 0 aromatic carbocycles. The zero-order valence-corrected chi connectivity index (χ0v) is 11.0. The number of rotatable bonds is 2. The number of aromatic nitrogens is 1. The summed E-state index contributed by atoms with van der Waals surface area (Å²) < 4.78 is 0.912. The fourth-order valence-electron chi connectivity index (χ4n) is 0.898. The largest absolute Gasteiger partial charge is 0.259 e. The maximum Gasteiger partial charge on any atom is 0.0652 e. The Morgan fingerprint density at radius 1 is 1.62 bits per heavy atom. The van der Waals surface area contributed by atoms with Crippen LogP contribution in [0.3, 0.4) is 0 Å². The Labute approximate surface area is 102 Å². The van der Waals surface area contributed by atoms with Crippen molar-refractivity contribution in [3.05, 3.63) is 26.5 Å². The van der Waals surface area contributed by atoms with Gasteiger partial charge in [0.05, 0.1) is 14.3 Å². The monoisotopic (exact) mass is 328 g/mol. The molecule has 0 saturated carbocycles. The van der Waals surface area contributed by atoms with Crippen molar-refractivity contribution >= 4 is 45.8 Å². The third-order valence-electron chi connectivity index (χ3n) is 1.39. The standard InChI is InChI=1S/C9H9Cl2IN/c1-9(2,11)4-6-3-7(10)8(12)5-13-6/h5H,4H2,1-2H3. The second-order valence-corrected chi connectivity index (χ2v) is 5.95. The van der Waals surface area contributed by atoms with Crippen LogP contribution < -0.4 is 0 Å². The molecule has 0 bridgehead atoms. The van der Waals surface area contributed by atoms with Crippen molar-refractivity contribution in [2.24, 2.45) is 0 Å². The van der Waals surface area contributed by atoms with Gasteiger partial charge in [0.15, 0.2) is 0 Å². The van der Waals surface area contributed by atoms with Crippen LogP contribution in [0.4, 0.5) is 0 Å². The Balaban J connectivity index is 2.86. The molecule has 13 heavy (non-hydrogen) atoms.